The van der Waals surface area contributed by atoms with Crippen LogP contribution in [0.4, 0.5) is 0 Å². The van der Waals surface area contributed by atoms with Crippen LogP contribution in [0.2, 0.25) is 0 Å². The smallest absolute Gasteiger partial charge is 0.162 e. The summed E-state index contributed by atoms with van der Waals surface area (Å²) in [5.74, 6) is 1.50. The highest BCUT2D eigenvalue weighted by Gasteiger charge is 2.07. The van der Waals surface area contributed by atoms with Gasteiger partial charge in [0.1, 0.15) is 6.61 Å². The molecule has 0 saturated carbocycles. The molecule has 0 amide bonds. The second-order valence-corrected chi connectivity index (χ2v) is 4.34. The van der Waals surface area contributed by atoms with E-state index < -0.39 is 0 Å². The summed E-state index contributed by atoms with van der Waals surface area (Å²) in [5, 5.41) is 1.11. The molecule has 0 aliphatic carbocycles. The molecule has 0 aliphatic rings. The second kappa shape index (κ2) is 5.06. The van der Waals surface area contributed by atoms with Crippen molar-refractivity contribution < 1.29 is 9.47 Å². The number of benzene rings is 2. The van der Waals surface area contributed by atoms with Gasteiger partial charge in [-0.15, -0.1) is 0 Å². The van der Waals surface area contributed by atoms with Crippen LogP contribution in [-0.4, -0.2) is 12.1 Å². The Kier molecular flexibility index (Phi) is 3.11. The Bertz CT molecular complexity index is 674. The van der Waals surface area contributed by atoms with Gasteiger partial charge >= 0.3 is 0 Å². The van der Waals surface area contributed by atoms with Gasteiger partial charge in [0.25, 0.3) is 0 Å². The number of ether oxygens (including phenoxy) is 2. The summed E-state index contributed by atoms with van der Waals surface area (Å²) in [6.45, 7) is 0.535. The number of fused-ring (bicyclic) bond motifs is 1. The zero-order valence-corrected chi connectivity index (χ0v) is 10.7. The first-order valence-corrected chi connectivity index (χ1v) is 6.18. The Morgan fingerprint density at radius 1 is 1.00 bits per heavy atom. The molecule has 3 aromatic rings. The summed E-state index contributed by atoms with van der Waals surface area (Å²) < 4.78 is 11.2. The highest BCUT2D eigenvalue weighted by Crippen LogP contribution is 2.32. The van der Waals surface area contributed by atoms with Gasteiger partial charge < -0.3 is 14.5 Å². The Morgan fingerprint density at radius 3 is 2.63 bits per heavy atom. The van der Waals surface area contributed by atoms with Crippen molar-refractivity contribution >= 4 is 10.9 Å². The molecule has 3 heteroatoms. The third-order valence-corrected chi connectivity index (χ3v) is 3.07. The van der Waals surface area contributed by atoms with Crippen LogP contribution in [0, 0.1) is 0 Å². The third-order valence-electron chi connectivity index (χ3n) is 3.07. The van der Waals surface area contributed by atoms with Crippen LogP contribution in [0.5, 0.6) is 11.5 Å². The summed E-state index contributed by atoms with van der Waals surface area (Å²) in [6.07, 6.45) is 1.91. The molecule has 1 heterocycles. The van der Waals surface area contributed by atoms with Crippen molar-refractivity contribution in [2.75, 3.05) is 7.11 Å². The molecule has 0 spiro atoms. The molecule has 2 aromatic carbocycles. The number of H-pyrrole nitrogens is 1. The number of methoxy groups -OCH3 is 1. The highest BCUT2D eigenvalue weighted by atomic mass is 16.5. The predicted octanol–water partition coefficient (Wildman–Crippen LogP) is 3.76. The van der Waals surface area contributed by atoms with Gasteiger partial charge in [0.15, 0.2) is 11.5 Å². The fourth-order valence-corrected chi connectivity index (χ4v) is 2.07. The Hall–Kier alpha value is -2.42. The van der Waals surface area contributed by atoms with E-state index in [1.165, 1.54) is 0 Å². The van der Waals surface area contributed by atoms with E-state index in [-0.39, 0.29) is 0 Å². The third kappa shape index (κ3) is 2.40. The molecule has 0 radical (unpaired) electrons. The summed E-state index contributed by atoms with van der Waals surface area (Å²) in [5.41, 5.74) is 2.18. The number of rotatable bonds is 4. The quantitative estimate of drug-likeness (QED) is 0.768. The zero-order valence-electron chi connectivity index (χ0n) is 10.7. The normalized spacial score (nSPS) is 10.6. The first-order chi connectivity index (χ1) is 9.36. The minimum absolute atomic E-state index is 0.535. The molecular weight excluding hydrogens is 238 g/mol. The van der Waals surface area contributed by atoms with E-state index in [0.29, 0.717) is 6.61 Å². The Morgan fingerprint density at radius 2 is 1.84 bits per heavy atom. The van der Waals surface area contributed by atoms with Crippen LogP contribution in [-0.2, 0) is 6.61 Å². The minimum atomic E-state index is 0.535. The minimum Gasteiger partial charge on any atom is -0.493 e. The van der Waals surface area contributed by atoms with Crippen molar-refractivity contribution in [1.29, 1.82) is 0 Å². The maximum Gasteiger partial charge on any atom is 0.162 e. The van der Waals surface area contributed by atoms with Crippen LogP contribution < -0.4 is 9.47 Å². The number of aromatic amines is 1. The molecule has 3 rings (SSSR count). The molecule has 3 nitrogen and oxygen atoms in total. The molecule has 0 bridgehead atoms. The fraction of sp³-hybridized carbons (Fsp3) is 0.125. The lowest BCUT2D eigenvalue weighted by Gasteiger charge is -2.11. The maximum atomic E-state index is 5.85. The average molecular weight is 253 g/mol. The first-order valence-electron chi connectivity index (χ1n) is 6.18. The van der Waals surface area contributed by atoms with Gasteiger partial charge in [-0.3, -0.25) is 0 Å². The van der Waals surface area contributed by atoms with Gasteiger partial charge in [-0.2, -0.15) is 0 Å². The second-order valence-electron chi connectivity index (χ2n) is 4.34. The largest absolute Gasteiger partial charge is 0.493 e. The number of hydrogen-bond donors (Lipinski definition) is 1. The maximum absolute atomic E-state index is 5.85. The molecule has 0 fully saturated rings. The molecule has 0 atom stereocenters. The number of nitrogens with one attached hydrogen (secondary N) is 1. The van der Waals surface area contributed by atoms with Crippen LogP contribution >= 0.6 is 0 Å². The molecular formula is C16H15NO2. The number of aromatic nitrogens is 1. The molecule has 0 aliphatic heterocycles. The Labute approximate surface area is 111 Å². The van der Waals surface area contributed by atoms with Crippen molar-refractivity contribution in [3.8, 4) is 11.5 Å². The van der Waals surface area contributed by atoms with Crippen LogP contribution in [0.3, 0.4) is 0 Å². The van der Waals surface area contributed by atoms with Crippen molar-refractivity contribution in [3.05, 3.63) is 60.3 Å². The van der Waals surface area contributed by atoms with E-state index in [1.54, 1.807) is 7.11 Å². The highest BCUT2D eigenvalue weighted by molar-refractivity contribution is 5.83. The van der Waals surface area contributed by atoms with Gasteiger partial charge in [-0.1, -0.05) is 30.3 Å². The lowest BCUT2D eigenvalue weighted by atomic mass is 10.2. The first kappa shape index (κ1) is 11.7. The van der Waals surface area contributed by atoms with Crippen molar-refractivity contribution in [2.45, 2.75) is 6.61 Å². The molecule has 96 valence electrons. The standard InChI is InChI=1S/C16H15NO2/c1-18-15-10-14-13(7-8-17-14)9-16(15)19-11-12-5-3-2-4-6-12/h2-10,17H,11H2,1H3. The molecule has 19 heavy (non-hydrogen) atoms. The molecule has 1 aromatic heterocycles. The summed E-state index contributed by atoms with van der Waals surface area (Å²) >= 11 is 0. The van der Waals surface area contributed by atoms with Crippen LogP contribution in [0.15, 0.2) is 54.7 Å². The summed E-state index contributed by atoms with van der Waals surface area (Å²) in [6, 6.07) is 16.1. The molecule has 0 saturated heterocycles. The van der Waals surface area contributed by atoms with Gasteiger partial charge in [0.05, 0.1) is 7.11 Å². The van der Waals surface area contributed by atoms with E-state index >= 15 is 0 Å². The fourth-order valence-electron chi connectivity index (χ4n) is 2.07. The SMILES string of the molecule is COc1cc2[nH]ccc2cc1OCc1ccccc1. The monoisotopic (exact) mass is 253 g/mol. The van der Waals surface area contributed by atoms with Crippen LogP contribution in [0.25, 0.3) is 10.9 Å². The van der Waals surface area contributed by atoms with Crippen molar-refractivity contribution in [2.24, 2.45) is 0 Å². The van der Waals surface area contributed by atoms with Crippen molar-refractivity contribution in [3.63, 3.8) is 0 Å². The van der Waals surface area contributed by atoms with E-state index in [9.17, 15) is 0 Å². The van der Waals surface area contributed by atoms with Crippen molar-refractivity contribution in [1.82, 2.24) is 4.98 Å². The van der Waals surface area contributed by atoms with E-state index in [4.69, 9.17) is 9.47 Å². The Balaban J connectivity index is 1.86. The lowest BCUT2D eigenvalue weighted by Crippen LogP contribution is -1.97. The molecule has 1 N–H and O–H groups in total. The zero-order chi connectivity index (χ0) is 13.1. The average Bonchev–Trinajstić information content (AvgIpc) is 2.92. The van der Waals surface area contributed by atoms with Gasteiger partial charge in [0, 0.05) is 23.2 Å². The van der Waals surface area contributed by atoms with E-state index in [2.05, 4.69) is 4.98 Å². The topological polar surface area (TPSA) is 34.2 Å². The predicted molar refractivity (Wildman–Crippen MR) is 75.6 cm³/mol. The van der Waals surface area contributed by atoms with Gasteiger partial charge in [0.2, 0.25) is 0 Å². The van der Waals surface area contributed by atoms with Gasteiger partial charge in [-0.25, -0.2) is 0 Å². The number of hydrogen-bond acceptors (Lipinski definition) is 2. The van der Waals surface area contributed by atoms with Gasteiger partial charge in [-0.05, 0) is 17.7 Å². The molecule has 0 unspecified atom stereocenters. The van der Waals surface area contributed by atoms with Crippen LogP contribution in [0.1, 0.15) is 5.56 Å². The van der Waals surface area contributed by atoms with E-state index in [1.807, 2.05) is 54.7 Å². The summed E-state index contributed by atoms with van der Waals surface area (Å²) in [4.78, 5) is 3.16. The summed E-state index contributed by atoms with van der Waals surface area (Å²) in [7, 11) is 1.65. The lowest BCUT2D eigenvalue weighted by molar-refractivity contribution is 0.285. The van der Waals surface area contributed by atoms with E-state index in [0.717, 1.165) is 28.0 Å².